The van der Waals surface area contributed by atoms with Gasteiger partial charge in [-0.05, 0) is 13.8 Å². The van der Waals surface area contributed by atoms with Gasteiger partial charge in [0.2, 0.25) is 0 Å². The summed E-state index contributed by atoms with van der Waals surface area (Å²) in [5.74, 6) is 1.53. The number of rotatable bonds is 3. The first-order valence-corrected chi connectivity index (χ1v) is 6.09. The number of hydrogen-bond acceptors (Lipinski definition) is 3. The molecule has 0 saturated carbocycles. The van der Waals surface area contributed by atoms with Crippen LogP contribution in [0.1, 0.15) is 40.4 Å². The lowest BCUT2D eigenvalue weighted by Gasteiger charge is -2.17. The van der Waals surface area contributed by atoms with Crippen molar-refractivity contribution < 1.29 is 0 Å². The van der Waals surface area contributed by atoms with Crippen molar-refractivity contribution in [3.8, 4) is 0 Å². The standard InChI is InChI=1S/C13H20ClN3/c1-9(2)6-7-15-11-8-10(14)16-12(17-11)13(3,4)5/h6,8H,7H2,1-5H3,(H,15,16,17). The summed E-state index contributed by atoms with van der Waals surface area (Å²) in [6.45, 7) is 11.1. The molecule has 94 valence electrons. The molecule has 3 nitrogen and oxygen atoms in total. The summed E-state index contributed by atoms with van der Waals surface area (Å²) in [7, 11) is 0. The molecule has 1 N–H and O–H groups in total. The van der Waals surface area contributed by atoms with Gasteiger partial charge in [-0.15, -0.1) is 0 Å². The Morgan fingerprint density at radius 3 is 2.53 bits per heavy atom. The summed E-state index contributed by atoms with van der Waals surface area (Å²) in [5, 5.41) is 3.69. The highest BCUT2D eigenvalue weighted by Gasteiger charge is 2.18. The van der Waals surface area contributed by atoms with Gasteiger partial charge in [0, 0.05) is 18.0 Å². The molecule has 0 aliphatic heterocycles. The molecule has 0 aliphatic carbocycles. The van der Waals surface area contributed by atoms with Crippen LogP contribution in [0.3, 0.4) is 0 Å². The van der Waals surface area contributed by atoms with Gasteiger partial charge in [0.25, 0.3) is 0 Å². The van der Waals surface area contributed by atoms with E-state index in [-0.39, 0.29) is 5.41 Å². The third kappa shape index (κ3) is 4.73. The van der Waals surface area contributed by atoms with Crippen LogP contribution < -0.4 is 5.32 Å². The highest BCUT2D eigenvalue weighted by Crippen LogP contribution is 2.22. The molecule has 17 heavy (non-hydrogen) atoms. The van der Waals surface area contributed by atoms with Crippen LogP contribution in [-0.2, 0) is 5.41 Å². The average molecular weight is 254 g/mol. The van der Waals surface area contributed by atoms with E-state index in [9.17, 15) is 0 Å². The summed E-state index contributed by atoms with van der Waals surface area (Å²) in [5.41, 5.74) is 1.17. The van der Waals surface area contributed by atoms with Crippen molar-refractivity contribution in [1.82, 2.24) is 9.97 Å². The molecule has 0 atom stereocenters. The van der Waals surface area contributed by atoms with Crippen LogP contribution in [0.15, 0.2) is 17.7 Å². The molecule has 0 unspecified atom stereocenters. The maximum absolute atomic E-state index is 5.99. The molecule has 0 fully saturated rings. The summed E-state index contributed by atoms with van der Waals surface area (Å²) >= 11 is 5.99. The second kappa shape index (κ2) is 5.50. The second-order valence-corrected chi connectivity index (χ2v) is 5.70. The van der Waals surface area contributed by atoms with Crippen molar-refractivity contribution in [1.29, 1.82) is 0 Å². The number of nitrogens with one attached hydrogen (secondary N) is 1. The van der Waals surface area contributed by atoms with Gasteiger partial charge < -0.3 is 5.32 Å². The quantitative estimate of drug-likeness (QED) is 0.658. The van der Waals surface area contributed by atoms with Crippen LogP contribution in [0.5, 0.6) is 0 Å². The first-order valence-electron chi connectivity index (χ1n) is 5.71. The summed E-state index contributed by atoms with van der Waals surface area (Å²) < 4.78 is 0. The molecule has 1 rings (SSSR count). The van der Waals surface area contributed by atoms with Crippen molar-refractivity contribution in [2.75, 3.05) is 11.9 Å². The molecule has 0 radical (unpaired) electrons. The Kier molecular flexibility index (Phi) is 4.52. The lowest BCUT2D eigenvalue weighted by molar-refractivity contribution is 0.546. The largest absolute Gasteiger partial charge is 0.366 e. The molecule has 4 heteroatoms. The number of aromatic nitrogens is 2. The SMILES string of the molecule is CC(C)=CCNc1cc(Cl)nc(C(C)(C)C)n1. The van der Waals surface area contributed by atoms with Crippen LogP contribution in [0.2, 0.25) is 5.15 Å². The predicted octanol–water partition coefficient (Wildman–Crippen LogP) is 3.81. The number of anilines is 1. The first-order chi connectivity index (χ1) is 7.79. The van der Waals surface area contributed by atoms with Gasteiger partial charge in [0.15, 0.2) is 0 Å². The predicted molar refractivity (Wildman–Crippen MR) is 73.7 cm³/mol. The van der Waals surface area contributed by atoms with Crippen LogP contribution in [0, 0.1) is 0 Å². The van der Waals surface area contributed by atoms with E-state index in [0.29, 0.717) is 5.15 Å². The molecular formula is C13H20ClN3. The van der Waals surface area contributed by atoms with E-state index in [1.54, 1.807) is 6.07 Å². The van der Waals surface area contributed by atoms with E-state index in [2.05, 4.69) is 56.0 Å². The fourth-order valence-electron chi connectivity index (χ4n) is 1.20. The Hall–Kier alpha value is -1.09. The fourth-order valence-corrected chi connectivity index (χ4v) is 1.39. The van der Waals surface area contributed by atoms with E-state index in [1.165, 1.54) is 5.57 Å². The van der Waals surface area contributed by atoms with Gasteiger partial charge in [-0.25, -0.2) is 9.97 Å². The van der Waals surface area contributed by atoms with Gasteiger partial charge in [0.05, 0.1) is 0 Å². The maximum Gasteiger partial charge on any atom is 0.137 e. The number of halogens is 1. The minimum absolute atomic E-state index is 0.0994. The van der Waals surface area contributed by atoms with Gasteiger partial charge >= 0.3 is 0 Å². The molecule has 0 aromatic carbocycles. The summed E-state index contributed by atoms with van der Waals surface area (Å²) in [4.78, 5) is 8.71. The Morgan fingerprint density at radius 2 is 2.00 bits per heavy atom. The molecule has 0 aliphatic rings. The molecule has 0 amide bonds. The molecule has 0 saturated heterocycles. The summed E-state index contributed by atoms with van der Waals surface area (Å²) in [6, 6.07) is 1.75. The van der Waals surface area contributed by atoms with Gasteiger partial charge in [0.1, 0.15) is 16.8 Å². The first kappa shape index (κ1) is 14.0. The van der Waals surface area contributed by atoms with Crippen LogP contribution in [0.25, 0.3) is 0 Å². The third-order valence-electron chi connectivity index (χ3n) is 2.16. The fraction of sp³-hybridized carbons (Fsp3) is 0.538. The van der Waals surface area contributed by atoms with Gasteiger partial charge in [-0.1, -0.05) is 44.0 Å². The number of hydrogen-bond donors (Lipinski definition) is 1. The normalized spacial score (nSPS) is 11.2. The second-order valence-electron chi connectivity index (χ2n) is 5.31. The van der Waals surface area contributed by atoms with Crippen molar-refractivity contribution in [3.05, 3.63) is 28.7 Å². The van der Waals surface area contributed by atoms with Crippen molar-refractivity contribution in [3.63, 3.8) is 0 Å². The molecule has 0 bridgehead atoms. The highest BCUT2D eigenvalue weighted by molar-refractivity contribution is 6.29. The van der Waals surface area contributed by atoms with Crippen LogP contribution in [-0.4, -0.2) is 16.5 Å². The van der Waals surface area contributed by atoms with Crippen LogP contribution >= 0.6 is 11.6 Å². The average Bonchev–Trinajstić information content (AvgIpc) is 2.14. The summed E-state index contributed by atoms with van der Waals surface area (Å²) in [6.07, 6.45) is 2.10. The topological polar surface area (TPSA) is 37.8 Å². The molecule has 1 heterocycles. The molecule has 1 aromatic heterocycles. The Morgan fingerprint density at radius 1 is 1.35 bits per heavy atom. The molecular weight excluding hydrogens is 234 g/mol. The van der Waals surface area contributed by atoms with Gasteiger partial charge in [-0.3, -0.25) is 0 Å². The maximum atomic E-state index is 5.99. The monoisotopic (exact) mass is 253 g/mol. The van der Waals surface area contributed by atoms with Gasteiger partial charge in [-0.2, -0.15) is 0 Å². The molecule has 1 aromatic rings. The van der Waals surface area contributed by atoms with Crippen molar-refractivity contribution in [2.24, 2.45) is 0 Å². The zero-order chi connectivity index (χ0) is 13.1. The van der Waals surface area contributed by atoms with Crippen molar-refractivity contribution >= 4 is 17.4 Å². The zero-order valence-corrected chi connectivity index (χ0v) is 11.9. The number of nitrogens with zero attached hydrogens (tertiary/aromatic N) is 2. The number of allylic oxidation sites excluding steroid dienone is 1. The van der Waals surface area contributed by atoms with E-state index in [0.717, 1.165) is 18.2 Å². The Balaban J connectivity index is 2.87. The van der Waals surface area contributed by atoms with Crippen LogP contribution in [0.4, 0.5) is 5.82 Å². The van der Waals surface area contributed by atoms with E-state index in [4.69, 9.17) is 11.6 Å². The van der Waals surface area contributed by atoms with E-state index < -0.39 is 0 Å². The lowest BCUT2D eigenvalue weighted by atomic mass is 9.96. The molecule has 0 spiro atoms. The van der Waals surface area contributed by atoms with Crippen molar-refractivity contribution in [2.45, 2.75) is 40.0 Å². The minimum atomic E-state index is -0.0994. The highest BCUT2D eigenvalue weighted by atomic mass is 35.5. The lowest BCUT2D eigenvalue weighted by Crippen LogP contribution is -2.17. The van der Waals surface area contributed by atoms with E-state index in [1.807, 2.05) is 0 Å². The smallest absolute Gasteiger partial charge is 0.137 e. The Labute approximate surface area is 108 Å². The van der Waals surface area contributed by atoms with E-state index >= 15 is 0 Å². The third-order valence-corrected chi connectivity index (χ3v) is 2.35. The zero-order valence-electron chi connectivity index (χ0n) is 11.1. The minimum Gasteiger partial charge on any atom is -0.366 e. The Bertz CT molecular complexity index is 415.